The third-order valence-electron chi connectivity index (χ3n) is 3.71. The van der Waals surface area contributed by atoms with Crippen molar-refractivity contribution < 1.29 is 14.0 Å². The highest BCUT2D eigenvalue weighted by molar-refractivity contribution is 7.15. The van der Waals surface area contributed by atoms with Gasteiger partial charge in [-0.05, 0) is 30.5 Å². The highest BCUT2D eigenvalue weighted by Gasteiger charge is 2.16. The summed E-state index contributed by atoms with van der Waals surface area (Å²) in [5, 5.41) is 12.6. The third-order valence-corrected chi connectivity index (χ3v) is 4.98. The normalized spacial score (nSPS) is 10.5. The van der Waals surface area contributed by atoms with Crippen molar-refractivity contribution in [1.29, 1.82) is 0 Å². The van der Waals surface area contributed by atoms with Gasteiger partial charge in [-0.15, -0.1) is 10.2 Å². The maximum absolute atomic E-state index is 12.4. The fraction of sp³-hybridized carbons (Fsp3) is 0.350. The van der Waals surface area contributed by atoms with E-state index < -0.39 is 5.91 Å². The lowest BCUT2D eigenvalue weighted by Gasteiger charge is -2.04. The Morgan fingerprint density at radius 1 is 1.30 bits per heavy atom. The van der Waals surface area contributed by atoms with Gasteiger partial charge in [0.2, 0.25) is 11.5 Å². The number of halogens is 1. The largest absolute Gasteiger partial charge is 0.451 e. The SMILES string of the molecule is CN(C)C=O.Cc1cc2oc(C(=O)Nc3nnc(CC(C)C)s3)cc(=O)c2cc1Cl. The van der Waals surface area contributed by atoms with E-state index in [0.717, 1.165) is 29.5 Å². The molecule has 1 aromatic carbocycles. The fourth-order valence-electron chi connectivity index (χ4n) is 2.28. The summed E-state index contributed by atoms with van der Waals surface area (Å²) < 4.78 is 5.57. The van der Waals surface area contributed by atoms with Gasteiger partial charge in [-0.2, -0.15) is 0 Å². The first-order valence-electron chi connectivity index (χ1n) is 9.10. The van der Waals surface area contributed by atoms with Crippen LogP contribution in [0.4, 0.5) is 5.13 Å². The summed E-state index contributed by atoms with van der Waals surface area (Å²) in [6.07, 6.45) is 1.54. The molecule has 0 aliphatic rings. The summed E-state index contributed by atoms with van der Waals surface area (Å²) in [5.41, 5.74) is 0.751. The molecule has 0 unspecified atom stereocenters. The van der Waals surface area contributed by atoms with Gasteiger partial charge in [-0.3, -0.25) is 19.7 Å². The van der Waals surface area contributed by atoms with Crippen molar-refractivity contribution >= 4 is 51.4 Å². The molecule has 0 fully saturated rings. The number of aromatic nitrogens is 2. The van der Waals surface area contributed by atoms with Gasteiger partial charge in [0.05, 0.1) is 5.39 Å². The van der Waals surface area contributed by atoms with Crippen LogP contribution in [-0.2, 0) is 11.2 Å². The molecule has 0 bridgehead atoms. The molecule has 0 saturated carbocycles. The van der Waals surface area contributed by atoms with E-state index in [1.165, 1.54) is 16.2 Å². The highest BCUT2D eigenvalue weighted by atomic mass is 35.5. The zero-order chi connectivity index (χ0) is 22.4. The Balaban J connectivity index is 0.000000575. The minimum atomic E-state index is -0.543. The van der Waals surface area contributed by atoms with Crippen LogP contribution < -0.4 is 10.7 Å². The van der Waals surface area contributed by atoms with E-state index in [9.17, 15) is 14.4 Å². The molecule has 0 aliphatic heterocycles. The van der Waals surface area contributed by atoms with Crippen LogP contribution in [0.2, 0.25) is 5.02 Å². The van der Waals surface area contributed by atoms with Crippen LogP contribution in [0.5, 0.6) is 0 Å². The molecule has 2 amide bonds. The molecule has 8 nitrogen and oxygen atoms in total. The number of nitrogens with one attached hydrogen (secondary N) is 1. The average molecular weight is 451 g/mol. The lowest BCUT2D eigenvalue weighted by molar-refractivity contribution is -0.115. The number of amides is 2. The fourth-order valence-corrected chi connectivity index (χ4v) is 3.39. The number of hydrogen-bond donors (Lipinski definition) is 1. The standard InChI is InChI=1S/C17H16ClN3O3S.C3H7NO/c1-8(2)4-15-20-21-17(25-15)19-16(23)14-7-12(22)10-6-11(18)9(3)5-13(10)24-14;1-4(2)3-5/h5-8H,4H2,1-3H3,(H,19,21,23);3H,1-2H3. The van der Waals surface area contributed by atoms with Crippen LogP contribution in [0.25, 0.3) is 11.0 Å². The number of aryl methyl sites for hydroxylation is 1. The molecule has 10 heteroatoms. The lowest BCUT2D eigenvalue weighted by atomic mass is 10.1. The van der Waals surface area contributed by atoms with Gasteiger partial charge in [0.1, 0.15) is 10.6 Å². The Hall–Kier alpha value is -2.78. The van der Waals surface area contributed by atoms with E-state index in [1.807, 2.05) is 0 Å². The Morgan fingerprint density at radius 2 is 1.97 bits per heavy atom. The zero-order valence-electron chi connectivity index (χ0n) is 17.4. The van der Waals surface area contributed by atoms with E-state index in [-0.39, 0.29) is 11.2 Å². The summed E-state index contributed by atoms with van der Waals surface area (Å²) in [7, 11) is 3.38. The Morgan fingerprint density at radius 3 is 2.57 bits per heavy atom. The first-order chi connectivity index (χ1) is 14.1. The van der Waals surface area contributed by atoms with E-state index in [4.69, 9.17) is 16.0 Å². The summed E-state index contributed by atoms with van der Waals surface area (Å²) in [6, 6.07) is 4.34. The van der Waals surface area contributed by atoms with Gasteiger partial charge < -0.3 is 9.32 Å². The number of benzene rings is 1. The molecule has 0 radical (unpaired) electrons. The number of hydrogen-bond acceptors (Lipinski definition) is 7. The second-order valence-corrected chi connectivity index (χ2v) is 8.66. The lowest BCUT2D eigenvalue weighted by Crippen LogP contribution is -2.15. The maximum atomic E-state index is 12.4. The third kappa shape index (κ3) is 6.36. The van der Waals surface area contributed by atoms with E-state index in [0.29, 0.717) is 27.0 Å². The van der Waals surface area contributed by atoms with E-state index in [2.05, 4.69) is 29.4 Å². The molecular formula is C20H23ClN4O4S. The summed E-state index contributed by atoms with van der Waals surface area (Å²) in [5.74, 6) is -0.177. The van der Waals surface area contributed by atoms with E-state index in [1.54, 1.807) is 33.2 Å². The smallest absolute Gasteiger partial charge is 0.293 e. The van der Waals surface area contributed by atoms with Crippen LogP contribution in [0.1, 0.15) is 35.0 Å². The van der Waals surface area contributed by atoms with Gasteiger partial charge >= 0.3 is 0 Å². The molecule has 0 aliphatic carbocycles. The van der Waals surface area contributed by atoms with Gasteiger partial charge in [0.25, 0.3) is 5.91 Å². The Labute approximate surface area is 182 Å². The molecule has 2 heterocycles. The molecular weight excluding hydrogens is 428 g/mol. The molecule has 1 N–H and O–H groups in total. The summed E-state index contributed by atoms with van der Waals surface area (Å²) in [6.45, 7) is 5.96. The van der Waals surface area contributed by atoms with Crippen LogP contribution in [0.3, 0.4) is 0 Å². The number of carbonyl (C=O) groups is 2. The zero-order valence-corrected chi connectivity index (χ0v) is 18.9. The van der Waals surface area contributed by atoms with Crippen LogP contribution in [0.15, 0.2) is 27.4 Å². The van der Waals surface area contributed by atoms with Gasteiger partial charge in [0.15, 0.2) is 11.2 Å². The minimum absolute atomic E-state index is 0.0835. The van der Waals surface area contributed by atoms with Crippen molar-refractivity contribution in [2.75, 3.05) is 19.4 Å². The van der Waals surface area contributed by atoms with Crippen molar-refractivity contribution in [1.82, 2.24) is 15.1 Å². The molecule has 0 spiro atoms. The molecule has 3 rings (SSSR count). The van der Waals surface area contributed by atoms with Crippen molar-refractivity contribution in [3.8, 4) is 0 Å². The number of anilines is 1. The van der Waals surface area contributed by atoms with Gasteiger partial charge in [-0.1, -0.05) is 36.8 Å². The monoisotopic (exact) mass is 450 g/mol. The van der Waals surface area contributed by atoms with Crippen LogP contribution in [0, 0.1) is 12.8 Å². The minimum Gasteiger partial charge on any atom is -0.451 e. The highest BCUT2D eigenvalue weighted by Crippen LogP contribution is 2.23. The van der Waals surface area contributed by atoms with Gasteiger partial charge in [0, 0.05) is 31.6 Å². The second kappa shape index (κ2) is 10.3. The topological polar surface area (TPSA) is 105 Å². The average Bonchev–Trinajstić information content (AvgIpc) is 3.09. The quantitative estimate of drug-likeness (QED) is 0.593. The predicted octanol–water partition coefficient (Wildman–Crippen LogP) is 3.76. The number of carbonyl (C=O) groups excluding carboxylic acids is 2. The van der Waals surface area contributed by atoms with Crippen molar-refractivity contribution in [2.24, 2.45) is 5.92 Å². The summed E-state index contributed by atoms with van der Waals surface area (Å²) in [4.78, 5) is 35.5. The second-order valence-electron chi connectivity index (χ2n) is 7.19. The Kier molecular flexibility index (Phi) is 8.08. The van der Waals surface area contributed by atoms with Crippen LogP contribution in [-0.4, -0.2) is 41.5 Å². The first-order valence-corrected chi connectivity index (χ1v) is 10.3. The van der Waals surface area contributed by atoms with Gasteiger partial charge in [-0.25, -0.2) is 0 Å². The number of nitrogens with zero attached hydrogens (tertiary/aromatic N) is 3. The van der Waals surface area contributed by atoms with E-state index >= 15 is 0 Å². The van der Waals surface area contributed by atoms with Crippen molar-refractivity contribution in [2.45, 2.75) is 27.2 Å². The maximum Gasteiger partial charge on any atom is 0.293 e. The summed E-state index contributed by atoms with van der Waals surface area (Å²) >= 11 is 7.34. The first kappa shape index (κ1) is 23.5. The van der Waals surface area contributed by atoms with Crippen LogP contribution >= 0.6 is 22.9 Å². The van der Waals surface area contributed by atoms with Crippen molar-refractivity contribution in [3.63, 3.8) is 0 Å². The molecule has 2 aromatic heterocycles. The number of fused-ring (bicyclic) bond motifs is 1. The molecule has 0 atom stereocenters. The molecule has 3 aromatic rings. The Bertz CT molecular complexity index is 1110. The molecule has 0 saturated heterocycles. The predicted molar refractivity (Wildman–Crippen MR) is 118 cm³/mol. The molecule has 30 heavy (non-hydrogen) atoms. The van der Waals surface area contributed by atoms with Crippen molar-refractivity contribution in [3.05, 3.63) is 49.8 Å². The molecule has 160 valence electrons. The number of rotatable bonds is 5.